The topological polar surface area (TPSA) is 85.1 Å². The molecule has 0 aliphatic heterocycles. The second-order valence-electron chi connectivity index (χ2n) is 4.42. The van der Waals surface area contributed by atoms with Gasteiger partial charge in [-0.2, -0.15) is 0 Å². The van der Waals surface area contributed by atoms with Crippen LogP contribution in [-0.2, 0) is 11.2 Å². The molecule has 1 heterocycles. The van der Waals surface area contributed by atoms with E-state index in [0.29, 0.717) is 11.4 Å². The van der Waals surface area contributed by atoms with Crippen LogP contribution in [0.2, 0.25) is 0 Å². The summed E-state index contributed by atoms with van der Waals surface area (Å²) in [6.07, 6.45) is 0.0540. The van der Waals surface area contributed by atoms with Gasteiger partial charge in [-0.3, -0.25) is 14.9 Å². The quantitative estimate of drug-likeness (QED) is 0.678. The van der Waals surface area contributed by atoms with Crippen molar-refractivity contribution >= 4 is 33.3 Å². The number of aromatic nitrogens is 1. The Bertz CT molecular complexity index is 704. The van der Waals surface area contributed by atoms with Gasteiger partial charge in [0.15, 0.2) is 0 Å². The number of benzene rings is 1. The molecule has 7 heteroatoms. The highest BCUT2D eigenvalue weighted by Crippen LogP contribution is 2.17. The number of rotatable bonds is 4. The molecule has 2 aromatic rings. The molecule has 6 nitrogen and oxygen atoms in total. The van der Waals surface area contributed by atoms with Crippen LogP contribution in [-0.4, -0.2) is 15.8 Å². The van der Waals surface area contributed by atoms with Crippen molar-refractivity contribution in [1.29, 1.82) is 0 Å². The van der Waals surface area contributed by atoms with E-state index in [4.69, 9.17) is 0 Å². The first-order chi connectivity index (χ1) is 9.95. The number of halogens is 1. The van der Waals surface area contributed by atoms with Crippen LogP contribution in [0.4, 0.5) is 11.5 Å². The maximum Gasteiger partial charge on any atom is 0.269 e. The van der Waals surface area contributed by atoms with Gasteiger partial charge in [0, 0.05) is 16.6 Å². The van der Waals surface area contributed by atoms with Gasteiger partial charge in [-0.25, -0.2) is 4.98 Å². The minimum Gasteiger partial charge on any atom is -0.310 e. The lowest BCUT2D eigenvalue weighted by molar-refractivity contribution is -0.384. The smallest absolute Gasteiger partial charge is 0.269 e. The summed E-state index contributed by atoms with van der Waals surface area (Å²) in [6.45, 7) is 1.82. The van der Waals surface area contributed by atoms with Crippen LogP contribution in [0.5, 0.6) is 0 Å². The molecule has 21 heavy (non-hydrogen) atoms. The van der Waals surface area contributed by atoms with Crippen molar-refractivity contribution in [3.8, 4) is 0 Å². The van der Waals surface area contributed by atoms with Crippen molar-refractivity contribution in [1.82, 2.24) is 4.98 Å². The molecule has 0 aliphatic rings. The fraction of sp³-hybridized carbons (Fsp3) is 0.143. The summed E-state index contributed by atoms with van der Waals surface area (Å²) in [6, 6.07) is 9.49. The first kappa shape index (κ1) is 15.1. The van der Waals surface area contributed by atoms with Crippen LogP contribution in [0, 0.1) is 17.0 Å². The zero-order valence-corrected chi connectivity index (χ0v) is 12.8. The standard InChI is InChI=1S/C14H12BrN3O3/c1-9-12(15)5-6-13(16-9)17-14(19)8-10-3-2-4-11(7-10)18(20)21/h2-7H,8H2,1H3,(H,16,17,19). The van der Waals surface area contributed by atoms with Crippen molar-refractivity contribution in [2.75, 3.05) is 5.32 Å². The van der Waals surface area contributed by atoms with Crippen LogP contribution in [0.3, 0.4) is 0 Å². The highest BCUT2D eigenvalue weighted by molar-refractivity contribution is 9.10. The fourth-order valence-electron chi connectivity index (χ4n) is 1.77. The Morgan fingerprint density at radius 3 is 2.81 bits per heavy atom. The van der Waals surface area contributed by atoms with E-state index in [-0.39, 0.29) is 18.0 Å². The van der Waals surface area contributed by atoms with Gasteiger partial charge in [0.1, 0.15) is 5.82 Å². The first-order valence-corrected chi connectivity index (χ1v) is 6.91. The number of anilines is 1. The van der Waals surface area contributed by atoms with Crippen LogP contribution >= 0.6 is 15.9 Å². The molecule has 2 rings (SSSR count). The average molecular weight is 350 g/mol. The van der Waals surface area contributed by atoms with E-state index in [9.17, 15) is 14.9 Å². The Labute approximate surface area is 129 Å². The molecule has 0 spiro atoms. The van der Waals surface area contributed by atoms with Crippen molar-refractivity contribution in [3.05, 3.63) is 62.2 Å². The maximum atomic E-state index is 11.9. The monoisotopic (exact) mass is 349 g/mol. The number of nitrogens with zero attached hydrogens (tertiary/aromatic N) is 2. The number of pyridine rings is 1. The van der Waals surface area contributed by atoms with E-state index in [1.807, 2.05) is 6.92 Å². The second-order valence-corrected chi connectivity index (χ2v) is 5.27. The third-order valence-corrected chi connectivity index (χ3v) is 3.61. The normalized spacial score (nSPS) is 10.2. The third kappa shape index (κ3) is 4.09. The minimum absolute atomic E-state index is 0.0297. The summed E-state index contributed by atoms with van der Waals surface area (Å²) in [7, 11) is 0. The zero-order chi connectivity index (χ0) is 15.4. The number of hydrogen-bond donors (Lipinski definition) is 1. The highest BCUT2D eigenvalue weighted by atomic mass is 79.9. The summed E-state index contributed by atoms with van der Waals surface area (Å²) >= 11 is 3.33. The van der Waals surface area contributed by atoms with E-state index in [1.165, 1.54) is 12.1 Å². The molecule has 1 amide bonds. The second kappa shape index (κ2) is 6.45. The summed E-state index contributed by atoms with van der Waals surface area (Å²) < 4.78 is 0.860. The van der Waals surface area contributed by atoms with Gasteiger partial charge in [-0.15, -0.1) is 0 Å². The molecule has 0 fully saturated rings. The number of nitro benzene ring substituents is 1. The van der Waals surface area contributed by atoms with E-state index in [1.54, 1.807) is 24.3 Å². The Morgan fingerprint density at radius 1 is 1.38 bits per heavy atom. The lowest BCUT2D eigenvalue weighted by atomic mass is 10.1. The minimum atomic E-state index is -0.485. The van der Waals surface area contributed by atoms with Crippen molar-refractivity contribution < 1.29 is 9.72 Å². The van der Waals surface area contributed by atoms with Crippen LogP contribution in [0.15, 0.2) is 40.9 Å². The summed E-state index contributed by atoms with van der Waals surface area (Å²) in [5, 5.41) is 13.4. The van der Waals surface area contributed by atoms with Crippen LogP contribution in [0.25, 0.3) is 0 Å². The number of amides is 1. The van der Waals surface area contributed by atoms with E-state index >= 15 is 0 Å². The third-order valence-electron chi connectivity index (χ3n) is 2.77. The van der Waals surface area contributed by atoms with Gasteiger partial charge in [-0.05, 0) is 40.5 Å². The highest BCUT2D eigenvalue weighted by Gasteiger charge is 2.10. The molecule has 0 radical (unpaired) electrons. The van der Waals surface area contributed by atoms with Gasteiger partial charge < -0.3 is 5.32 Å². The first-order valence-electron chi connectivity index (χ1n) is 6.12. The molecule has 1 aromatic heterocycles. The molecule has 0 bridgehead atoms. The number of non-ortho nitro benzene ring substituents is 1. The lowest BCUT2D eigenvalue weighted by Gasteiger charge is -2.06. The number of nitro groups is 1. The molecule has 0 atom stereocenters. The molecule has 0 unspecified atom stereocenters. The van der Waals surface area contributed by atoms with E-state index < -0.39 is 4.92 Å². The molecule has 1 aromatic carbocycles. The summed E-state index contributed by atoms with van der Waals surface area (Å²) in [4.78, 5) is 26.3. The lowest BCUT2D eigenvalue weighted by Crippen LogP contribution is -2.15. The van der Waals surface area contributed by atoms with Crippen LogP contribution < -0.4 is 5.32 Å². The maximum absolute atomic E-state index is 11.9. The van der Waals surface area contributed by atoms with E-state index in [0.717, 1.165) is 10.2 Å². The zero-order valence-electron chi connectivity index (χ0n) is 11.2. The molecule has 0 saturated heterocycles. The SMILES string of the molecule is Cc1nc(NC(=O)Cc2cccc([N+](=O)[O-])c2)ccc1Br. The van der Waals surface area contributed by atoms with Gasteiger partial charge >= 0.3 is 0 Å². The molecular weight excluding hydrogens is 338 g/mol. The molecule has 108 valence electrons. The largest absolute Gasteiger partial charge is 0.310 e. The Hall–Kier alpha value is -2.28. The van der Waals surface area contributed by atoms with Crippen molar-refractivity contribution in [3.63, 3.8) is 0 Å². The number of hydrogen-bond acceptors (Lipinski definition) is 4. The Balaban J connectivity index is 2.06. The van der Waals surface area contributed by atoms with Gasteiger partial charge in [-0.1, -0.05) is 12.1 Å². The average Bonchev–Trinajstić information content (AvgIpc) is 2.43. The number of carbonyl (C=O) groups excluding carboxylic acids is 1. The number of carbonyl (C=O) groups is 1. The molecule has 1 N–H and O–H groups in total. The Kier molecular flexibility index (Phi) is 4.64. The number of nitrogens with one attached hydrogen (secondary N) is 1. The molecule has 0 saturated carbocycles. The molecular formula is C14H12BrN3O3. The summed E-state index contributed by atoms with van der Waals surface area (Å²) in [5.41, 5.74) is 1.32. The van der Waals surface area contributed by atoms with Gasteiger partial charge in [0.25, 0.3) is 5.69 Å². The van der Waals surface area contributed by atoms with Crippen molar-refractivity contribution in [2.24, 2.45) is 0 Å². The van der Waals surface area contributed by atoms with Crippen LogP contribution in [0.1, 0.15) is 11.3 Å². The fourth-order valence-corrected chi connectivity index (χ4v) is 1.99. The predicted molar refractivity (Wildman–Crippen MR) is 82.1 cm³/mol. The molecule has 0 aliphatic carbocycles. The van der Waals surface area contributed by atoms with Gasteiger partial charge in [0.2, 0.25) is 5.91 Å². The van der Waals surface area contributed by atoms with Gasteiger partial charge in [0.05, 0.1) is 17.0 Å². The predicted octanol–water partition coefficient (Wildman–Crippen LogP) is 3.24. The van der Waals surface area contributed by atoms with E-state index in [2.05, 4.69) is 26.2 Å². The Morgan fingerprint density at radius 2 is 2.14 bits per heavy atom. The van der Waals surface area contributed by atoms with Crippen molar-refractivity contribution in [2.45, 2.75) is 13.3 Å². The number of aryl methyl sites for hydroxylation is 1. The summed E-state index contributed by atoms with van der Waals surface area (Å²) in [5.74, 6) is 0.177.